The lowest BCUT2D eigenvalue weighted by molar-refractivity contribution is -0.125. The largest absolute Gasteiger partial charge is 0.497 e. The summed E-state index contributed by atoms with van der Waals surface area (Å²) >= 11 is 0. The standard InChI is InChI=1S/C27H22N4O3/c1-34-20-9-4-7-18(14-20)25(32)24-23(19-8-5-13-30-15-19)27(16-28,26(29)33)22-12-11-17-6-2-3-10-21(17)31(22)24/h2-15,22-24H,1H3,(H2,29,33). The van der Waals surface area contributed by atoms with Gasteiger partial charge in [0.05, 0.1) is 19.2 Å². The van der Waals surface area contributed by atoms with E-state index in [2.05, 4.69) is 11.1 Å². The molecule has 1 aromatic heterocycles. The van der Waals surface area contributed by atoms with Crippen molar-refractivity contribution in [3.05, 3.63) is 95.8 Å². The zero-order valence-corrected chi connectivity index (χ0v) is 18.5. The first-order valence-corrected chi connectivity index (χ1v) is 10.9. The van der Waals surface area contributed by atoms with Crippen molar-refractivity contribution in [1.82, 2.24) is 4.98 Å². The molecular formula is C27H22N4O3. The molecule has 34 heavy (non-hydrogen) atoms. The van der Waals surface area contributed by atoms with E-state index in [1.165, 1.54) is 7.11 Å². The number of hydrogen-bond acceptors (Lipinski definition) is 6. The van der Waals surface area contributed by atoms with Crippen LogP contribution < -0.4 is 15.4 Å². The van der Waals surface area contributed by atoms with Crippen molar-refractivity contribution >= 4 is 23.5 Å². The number of amides is 1. The van der Waals surface area contributed by atoms with Gasteiger partial charge in [-0.2, -0.15) is 5.26 Å². The lowest BCUT2D eigenvalue weighted by Crippen LogP contribution is -2.49. The van der Waals surface area contributed by atoms with E-state index in [0.717, 1.165) is 11.3 Å². The van der Waals surface area contributed by atoms with Gasteiger partial charge in [-0.1, -0.05) is 48.6 Å². The minimum Gasteiger partial charge on any atom is -0.497 e. The number of para-hydroxylation sites is 1. The average Bonchev–Trinajstić information content (AvgIpc) is 3.20. The summed E-state index contributed by atoms with van der Waals surface area (Å²) < 4.78 is 5.33. The van der Waals surface area contributed by atoms with Crippen LogP contribution in [0.4, 0.5) is 5.69 Å². The summed E-state index contributed by atoms with van der Waals surface area (Å²) in [7, 11) is 1.53. The smallest absolute Gasteiger partial charge is 0.241 e. The van der Waals surface area contributed by atoms with Gasteiger partial charge in [-0.15, -0.1) is 0 Å². The Kier molecular flexibility index (Phi) is 5.14. The van der Waals surface area contributed by atoms with Crippen molar-refractivity contribution in [2.24, 2.45) is 11.1 Å². The molecule has 0 spiro atoms. The van der Waals surface area contributed by atoms with Gasteiger partial charge < -0.3 is 15.4 Å². The van der Waals surface area contributed by atoms with Gasteiger partial charge in [0.1, 0.15) is 11.8 Å². The molecule has 1 fully saturated rings. The van der Waals surface area contributed by atoms with E-state index >= 15 is 0 Å². The predicted octanol–water partition coefficient (Wildman–Crippen LogP) is 3.34. The number of anilines is 1. The van der Waals surface area contributed by atoms with Crippen molar-refractivity contribution in [1.29, 1.82) is 5.26 Å². The molecule has 2 aliphatic rings. The number of primary amides is 1. The zero-order chi connectivity index (χ0) is 23.9. The van der Waals surface area contributed by atoms with Crippen molar-refractivity contribution in [3.8, 4) is 11.8 Å². The van der Waals surface area contributed by atoms with Crippen molar-refractivity contribution in [2.75, 3.05) is 12.0 Å². The third-order valence-corrected chi connectivity index (χ3v) is 6.80. The molecule has 5 rings (SSSR count). The van der Waals surface area contributed by atoms with Crippen LogP contribution in [0.5, 0.6) is 5.75 Å². The molecule has 0 aliphatic carbocycles. The van der Waals surface area contributed by atoms with E-state index in [0.29, 0.717) is 16.9 Å². The minimum atomic E-state index is -1.69. The van der Waals surface area contributed by atoms with E-state index < -0.39 is 29.3 Å². The summed E-state index contributed by atoms with van der Waals surface area (Å²) in [6.45, 7) is 0. The number of ketones is 1. The number of hydrogen-bond donors (Lipinski definition) is 1. The maximum absolute atomic E-state index is 14.2. The fourth-order valence-electron chi connectivity index (χ4n) is 5.31. The fraction of sp³-hybridized carbons (Fsp3) is 0.185. The Labute approximate surface area is 197 Å². The van der Waals surface area contributed by atoms with Crippen LogP contribution in [0, 0.1) is 16.7 Å². The molecule has 2 aromatic carbocycles. The van der Waals surface area contributed by atoms with Gasteiger partial charge in [-0.3, -0.25) is 14.6 Å². The second kappa shape index (κ2) is 8.16. The molecule has 1 saturated heterocycles. The first-order chi connectivity index (χ1) is 16.5. The van der Waals surface area contributed by atoms with Crippen LogP contribution in [0.15, 0.2) is 79.1 Å². The van der Waals surface area contributed by atoms with Crippen LogP contribution in [-0.4, -0.2) is 35.9 Å². The number of ether oxygens (including phenoxy) is 1. The van der Waals surface area contributed by atoms with Crippen LogP contribution in [0.1, 0.15) is 27.4 Å². The number of fused-ring (bicyclic) bond motifs is 3. The topological polar surface area (TPSA) is 109 Å². The number of methoxy groups -OCH3 is 1. The number of nitrogens with zero attached hydrogens (tertiary/aromatic N) is 3. The number of rotatable bonds is 5. The quantitative estimate of drug-likeness (QED) is 0.597. The number of aromatic nitrogens is 1. The number of benzene rings is 2. The summed E-state index contributed by atoms with van der Waals surface area (Å²) in [5, 5.41) is 10.5. The molecule has 0 bridgehead atoms. The van der Waals surface area contributed by atoms with Gasteiger partial charge in [0.2, 0.25) is 5.91 Å². The molecule has 4 atom stereocenters. The van der Waals surface area contributed by atoms with Gasteiger partial charge >= 0.3 is 0 Å². The van der Waals surface area contributed by atoms with Gasteiger partial charge in [-0.05, 0) is 35.4 Å². The molecule has 3 heterocycles. The van der Waals surface area contributed by atoms with Crippen LogP contribution in [0.3, 0.4) is 0 Å². The Bertz CT molecular complexity index is 1350. The van der Waals surface area contributed by atoms with Gasteiger partial charge in [0.15, 0.2) is 11.2 Å². The Morgan fingerprint density at radius 1 is 1.15 bits per heavy atom. The summed E-state index contributed by atoms with van der Waals surface area (Å²) in [6, 6.07) is 18.6. The number of carbonyl (C=O) groups is 2. The SMILES string of the molecule is COc1cccc(C(=O)C2C(c3cccnc3)C(C#N)(C(N)=O)C3C=Cc4ccccc4N23)c1. The highest BCUT2D eigenvalue weighted by Gasteiger charge is 2.65. The average molecular weight is 450 g/mol. The maximum atomic E-state index is 14.2. The lowest BCUT2D eigenvalue weighted by atomic mass is 9.68. The van der Waals surface area contributed by atoms with E-state index in [9.17, 15) is 14.9 Å². The summed E-state index contributed by atoms with van der Waals surface area (Å²) in [5.41, 5.74) is 6.96. The van der Waals surface area contributed by atoms with Crippen LogP contribution in [0.2, 0.25) is 0 Å². The molecule has 0 radical (unpaired) electrons. The van der Waals surface area contributed by atoms with Gasteiger partial charge in [-0.25, -0.2) is 0 Å². The normalized spacial score (nSPS) is 24.6. The molecule has 0 saturated carbocycles. The molecule has 168 valence electrons. The number of nitrogens with two attached hydrogens (primary N) is 1. The summed E-state index contributed by atoms with van der Waals surface area (Å²) in [5.74, 6) is -1.31. The molecular weight excluding hydrogens is 428 g/mol. The number of carbonyl (C=O) groups excluding carboxylic acids is 2. The molecule has 7 heteroatoms. The Hall–Kier alpha value is -4.44. The third-order valence-electron chi connectivity index (χ3n) is 6.80. The highest BCUT2D eigenvalue weighted by Crippen LogP contribution is 2.55. The van der Waals surface area contributed by atoms with Crippen molar-refractivity contribution in [3.63, 3.8) is 0 Å². The molecule has 3 aromatic rings. The molecule has 2 aliphatic heterocycles. The molecule has 1 amide bonds. The minimum absolute atomic E-state index is 0.235. The highest BCUT2D eigenvalue weighted by atomic mass is 16.5. The Morgan fingerprint density at radius 2 is 1.97 bits per heavy atom. The van der Waals surface area contributed by atoms with E-state index in [4.69, 9.17) is 10.5 Å². The first kappa shape index (κ1) is 21.4. The fourth-order valence-corrected chi connectivity index (χ4v) is 5.31. The summed E-state index contributed by atoms with van der Waals surface area (Å²) in [4.78, 5) is 33.4. The number of nitriles is 1. The second-order valence-electron chi connectivity index (χ2n) is 8.42. The molecule has 4 unspecified atom stereocenters. The monoisotopic (exact) mass is 450 g/mol. The van der Waals surface area contributed by atoms with Crippen LogP contribution in [-0.2, 0) is 4.79 Å². The Morgan fingerprint density at radius 3 is 2.68 bits per heavy atom. The zero-order valence-electron chi connectivity index (χ0n) is 18.5. The number of pyridine rings is 1. The highest BCUT2D eigenvalue weighted by molar-refractivity contribution is 6.06. The van der Waals surface area contributed by atoms with Crippen molar-refractivity contribution < 1.29 is 14.3 Å². The Balaban J connectivity index is 1.80. The van der Waals surface area contributed by atoms with Crippen LogP contribution in [0.25, 0.3) is 6.08 Å². The third kappa shape index (κ3) is 3.00. The molecule has 7 nitrogen and oxygen atoms in total. The lowest BCUT2D eigenvalue weighted by Gasteiger charge is -2.36. The maximum Gasteiger partial charge on any atom is 0.241 e. The van der Waals surface area contributed by atoms with Gasteiger partial charge in [0, 0.05) is 29.6 Å². The van der Waals surface area contributed by atoms with Crippen LogP contribution >= 0.6 is 0 Å². The van der Waals surface area contributed by atoms with E-state index in [1.807, 2.05) is 35.2 Å². The molecule has 2 N–H and O–H groups in total. The van der Waals surface area contributed by atoms with E-state index in [1.54, 1.807) is 54.9 Å². The summed E-state index contributed by atoms with van der Waals surface area (Å²) in [6.07, 6.45) is 6.89. The van der Waals surface area contributed by atoms with Gasteiger partial charge in [0.25, 0.3) is 0 Å². The predicted molar refractivity (Wildman–Crippen MR) is 127 cm³/mol. The number of Topliss-reactive ketones (excluding diaryl/α,β-unsaturated/α-hetero) is 1. The second-order valence-corrected chi connectivity index (χ2v) is 8.42. The first-order valence-electron chi connectivity index (χ1n) is 10.9. The van der Waals surface area contributed by atoms with Crippen molar-refractivity contribution in [2.45, 2.75) is 18.0 Å². The van der Waals surface area contributed by atoms with E-state index in [-0.39, 0.29) is 5.78 Å².